The normalized spacial score (nSPS) is 15.5. The van der Waals surface area contributed by atoms with Gasteiger partial charge < -0.3 is 10.6 Å². The number of carbonyl (C=O) groups excluding carboxylic acids is 2. The zero-order valence-electron chi connectivity index (χ0n) is 14.9. The minimum absolute atomic E-state index is 0.0366. The highest BCUT2D eigenvalue weighted by Crippen LogP contribution is 2.22. The molecule has 0 spiro atoms. The van der Waals surface area contributed by atoms with Crippen molar-refractivity contribution in [2.75, 3.05) is 13.1 Å². The lowest BCUT2D eigenvalue weighted by atomic mass is 9.96. The Morgan fingerprint density at radius 1 is 1.23 bits per heavy atom. The number of piperidine rings is 1. The molecule has 2 amide bonds. The van der Waals surface area contributed by atoms with Crippen LogP contribution in [0.25, 0.3) is 5.69 Å². The van der Waals surface area contributed by atoms with E-state index in [1.807, 2.05) is 13.8 Å². The molecule has 0 aliphatic carbocycles. The molecule has 1 saturated heterocycles. The van der Waals surface area contributed by atoms with E-state index in [4.69, 9.17) is 5.73 Å². The third-order valence-electron chi connectivity index (χ3n) is 4.61. The third-order valence-corrected chi connectivity index (χ3v) is 4.61. The van der Waals surface area contributed by atoms with E-state index in [9.17, 15) is 14.0 Å². The van der Waals surface area contributed by atoms with Crippen LogP contribution < -0.4 is 5.73 Å². The third kappa shape index (κ3) is 3.44. The lowest BCUT2D eigenvalue weighted by Crippen LogP contribution is -2.42. The molecule has 2 heterocycles. The first-order valence-electron chi connectivity index (χ1n) is 8.69. The average molecular weight is 359 g/mol. The van der Waals surface area contributed by atoms with Gasteiger partial charge in [-0.15, -0.1) is 5.10 Å². The monoisotopic (exact) mass is 359 g/mol. The Balaban J connectivity index is 1.87. The summed E-state index contributed by atoms with van der Waals surface area (Å²) in [6, 6.07) is 6.25. The smallest absolute Gasteiger partial charge is 0.293 e. The van der Waals surface area contributed by atoms with Crippen molar-refractivity contribution in [2.24, 2.45) is 11.7 Å². The lowest BCUT2D eigenvalue weighted by molar-refractivity contribution is -0.123. The average Bonchev–Trinajstić information content (AvgIpc) is 3.07. The maximum absolute atomic E-state index is 14.2. The number of carbonyl (C=O) groups is 2. The van der Waals surface area contributed by atoms with Crippen LogP contribution in [-0.4, -0.2) is 44.6 Å². The first-order valence-corrected chi connectivity index (χ1v) is 8.69. The van der Waals surface area contributed by atoms with Gasteiger partial charge in [0.25, 0.3) is 5.91 Å². The van der Waals surface area contributed by atoms with Crippen LogP contribution in [0.2, 0.25) is 0 Å². The number of hydrogen-bond acceptors (Lipinski definition) is 4. The fourth-order valence-electron chi connectivity index (χ4n) is 3.10. The summed E-state index contributed by atoms with van der Waals surface area (Å²) in [5.74, 6) is -0.759. The molecule has 0 saturated carbocycles. The number of aromatic nitrogens is 3. The summed E-state index contributed by atoms with van der Waals surface area (Å²) < 4.78 is 15.6. The van der Waals surface area contributed by atoms with Crippen molar-refractivity contribution in [1.82, 2.24) is 19.7 Å². The first-order chi connectivity index (χ1) is 12.4. The van der Waals surface area contributed by atoms with Gasteiger partial charge in [0.05, 0.1) is 0 Å². The Hall–Kier alpha value is -2.77. The molecule has 1 fully saturated rings. The van der Waals surface area contributed by atoms with Gasteiger partial charge in [-0.2, -0.15) is 0 Å². The molecule has 3 rings (SSSR count). The quantitative estimate of drug-likeness (QED) is 0.902. The van der Waals surface area contributed by atoms with Gasteiger partial charge in [0.1, 0.15) is 17.3 Å². The predicted molar refractivity (Wildman–Crippen MR) is 93.2 cm³/mol. The number of nitrogens with two attached hydrogens (primary N) is 1. The van der Waals surface area contributed by atoms with Gasteiger partial charge in [0.2, 0.25) is 11.7 Å². The second-order valence-corrected chi connectivity index (χ2v) is 6.78. The van der Waals surface area contributed by atoms with E-state index < -0.39 is 5.82 Å². The molecule has 0 unspecified atom stereocenters. The van der Waals surface area contributed by atoms with Gasteiger partial charge in [-0.1, -0.05) is 26.0 Å². The fourth-order valence-corrected chi connectivity index (χ4v) is 3.10. The van der Waals surface area contributed by atoms with Crippen molar-refractivity contribution in [3.8, 4) is 5.69 Å². The van der Waals surface area contributed by atoms with Crippen LogP contribution >= 0.6 is 0 Å². The van der Waals surface area contributed by atoms with Crippen molar-refractivity contribution in [3.63, 3.8) is 0 Å². The van der Waals surface area contributed by atoms with E-state index in [1.54, 1.807) is 23.1 Å². The van der Waals surface area contributed by atoms with E-state index in [0.717, 1.165) is 0 Å². The van der Waals surface area contributed by atoms with E-state index in [2.05, 4.69) is 10.1 Å². The van der Waals surface area contributed by atoms with Crippen molar-refractivity contribution >= 4 is 11.8 Å². The first kappa shape index (κ1) is 18.0. The summed E-state index contributed by atoms with van der Waals surface area (Å²) >= 11 is 0. The lowest BCUT2D eigenvalue weighted by Gasteiger charge is -2.29. The number of benzene rings is 1. The highest BCUT2D eigenvalue weighted by Gasteiger charge is 2.29. The van der Waals surface area contributed by atoms with Gasteiger partial charge in [-0.05, 0) is 25.0 Å². The highest BCUT2D eigenvalue weighted by atomic mass is 19.1. The predicted octanol–water partition coefficient (Wildman–Crippen LogP) is 1.87. The maximum atomic E-state index is 14.2. The summed E-state index contributed by atoms with van der Waals surface area (Å²) in [6.45, 7) is 4.68. The van der Waals surface area contributed by atoms with Gasteiger partial charge in [0.15, 0.2) is 0 Å². The molecule has 8 heteroatoms. The van der Waals surface area contributed by atoms with Gasteiger partial charge in [0, 0.05) is 24.9 Å². The standard InChI is InChI=1S/C18H22FN5O2/c1-11(2)17-21-16(22-24(17)14-6-4-3-5-13(14)19)18(26)23-9-7-12(8-10-23)15(20)25/h3-6,11-12H,7-10H2,1-2H3,(H2,20,25). The molecule has 2 aromatic rings. The van der Waals surface area contributed by atoms with E-state index >= 15 is 0 Å². The zero-order chi connectivity index (χ0) is 18.8. The molecule has 0 bridgehead atoms. The number of primary amides is 1. The molecular formula is C18H22FN5O2. The molecule has 26 heavy (non-hydrogen) atoms. The summed E-state index contributed by atoms with van der Waals surface area (Å²) in [4.78, 5) is 30.0. The molecule has 1 aromatic heterocycles. The van der Waals surface area contributed by atoms with E-state index in [1.165, 1.54) is 10.7 Å². The van der Waals surface area contributed by atoms with Crippen molar-refractivity contribution < 1.29 is 14.0 Å². The zero-order valence-corrected chi connectivity index (χ0v) is 14.9. The molecule has 2 N–H and O–H groups in total. The summed E-state index contributed by atoms with van der Waals surface area (Å²) in [7, 11) is 0. The number of amides is 2. The minimum atomic E-state index is -0.430. The Kier molecular flexibility index (Phi) is 5.01. The van der Waals surface area contributed by atoms with Crippen LogP contribution in [0.3, 0.4) is 0 Å². The van der Waals surface area contributed by atoms with Crippen molar-refractivity contribution in [3.05, 3.63) is 41.7 Å². The minimum Gasteiger partial charge on any atom is -0.369 e. The van der Waals surface area contributed by atoms with Crippen LogP contribution in [0.4, 0.5) is 4.39 Å². The van der Waals surface area contributed by atoms with Crippen LogP contribution in [0, 0.1) is 11.7 Å². The molecule has 7 nitrogen and oxygen atoms in total. The maximum Gasteiger partial charge on any atom is 0.293 e. The Morgan fingerprint density at radius 2 is 1.88 bits per heavy atom. The largest absolute Gasteiger partial charge is 0.369 e. The number of halogens is 1. The SMILES string of the molecule is CC(C)c1nc(C(=O)N2CCC(C(N)=O)CC2)nn1-c1ccccc1F. The molecule has 0 radical (unpaired) electrons. The number of rotatable bonds is 4. The molecular weight excluding hydrogens is 337 g/mol. The molecule has 138 valence electrons. The van der Waals surface area contributed by atoms with Gasteiger partial charge >= 0.3 is 0 Å². The van der Waals surface area contributed by atoms with Crippen molar-refractivity contribution in [1.29, 1.82) is 0 Å². The topological polar surface area (TPSA) is 94.1 Å². The fraction of sp³-hybridized carbons (Fsp3) is 0.444. The Morgan fingerprint density at radius 3 is 2.46 bits per heavy atom. The number of likely N-dealkylation sites (tertiary alicyclic amines) is 1. The van der Waals surface area contributed by atoms with Crippen LogP contribution in [0.15, 0.2) is 24.3 Å². The van der Waals surface area contributed by atoms with Gasteiger partial charge in [-0.25, -0.2) is 14.1 Å². The molecule has 1 aromatic carbocycles. The summed E-state index contributed by atoms with van der Waals surface area (Å²) in [5, 5.41) is 4.27. The Labute approximate surface area is 151 Å². The molecule has 1 aliphatic rings. The Bertz CT molecular complexity index is 825. The van der Waals surface area contributed by atoms with Crippen molar-refractivity contribution in [2.45, 2.75) is 32.6 Å². The van der Waals surface area contributed by atoms with Crippen LogP contribution in [0.1, 0.15) is 49.1 Å². The second-order valence-electron chi connectivity index (χ2n) is 6.78. The highest BCUT2D eigenvalue weighted by molar-refractivity contribution is 5.90. The van der Waals surface area contributed by atoms with Crippen LogP contribution in [0.5, 0.6) is 0 Å². The summed E-state index contributed by atoms with van der Waals surface area (Å²) in [6.07, 6.45) is 1.07. The summed E-state index contributed by atoms with van der Waals surface area (Å²) in [5.41, 5.74) is 5.59. The van der Waals surface area contributed by atoms with E-state index in [-0.39, 0.29) is 35.2 Å². The van der Waals surface area contributed by atoms with E-state index in [0.29, 0.717) is 31.8 Å². The number of nitrogens with zero attached hydrogens (tertiary/aromatic N) is 4. The molecule has 0 atom stereocenters. The van der Waals surface area contributed by atoms with Gasteiger partial charge in [-0.3, -0.25) is 9.59 Å². The second kappa shape index (κ2) is 7.23. The number of hydrogen-bond donors (Lipinski definition) is 1. The molecule has 1 aliphatic heterocycles. The van der Waals surface area contributed by atoms with Crippen LogP contribution in [-0.2, 0) is 4.79 Å². The number of para-hydroxylation sites is 1.